The Morgan fingerprint density at radius 1 is 0.950 bits per heavy atom. The van der Waals surface area contributed by atoms with Crippen LogP contribution in [0.4, 0.5) is 0 Å². The highest BCUT2D eigenvalue weighted by atomic mass is 16.4. The zero-order valence-corrected chi connectivity index (χ0v) is 10.2. The molecule has 0 aliphatic heterocycles. The molecule has 6 nitrogen and oxygen atoms in total. The largest absolute Gasteiger partial charge is 0.417 e. The third kappa shape index (κ3) is 1.38. The molecule has 0 saturated carbocycles. The zero-order valence-electron chi connectivity index (χ0n) is 10.2. The van der Waals surface area contributed by atoms with Crippen molar-refractivity contribution >= 4 is 22.1 Å². The summed E-state index contributed by atoms with van der Waals surface area (Å²) < 4.78 is 6.54. The van der Waals surface area contributed by atoms with Crippen molar-refractivity contribution in [2.75, 3.05) is 0 Å². The maximum atomic E-state index is 12.2. The van der Waals surface area contributed by atoms with E-state index in [1.54, 1.807) is 18.2 Å². The lowest BCUT2D eigenvalue weighted by molar-refractivity contribution is 0.555. The molecule has 0 radical (unpaired) electrons. The van der Waals surface area contributed by atoms with E-state index in [1.807, 2.05) is 24.3 Å². The van der Waals surface area contributed by atoms with Crippen molar-refractivity contribution in [3.63, 3.8) is 0 Å². The summed E-state index contributed by atoms with van der Waals surface area (Å²) in [5.74, 6) is -0.541. The number of imidazole rings is 1. The lowest BCUT2D eigenvalue weighted by Gasteiger charge is -2.03. The third-order valence-corrected chi connectivity index (χ3v) is 3.26. The summed E-state index contributed by atoms with van der Waals surface area (Å²) in [5.41, 5.74) is 2.72. The topological polar surface area (TPSA) is 83.8 Å². The maximum absolute atomic E-state index is 12.2. The molecule has 0 fully saturated rings. The van der Waals surface area contributed by atoms with Gasteiger partial charge in [0.2, 0.25) is 0 Å². The fraction of sp³-hybridized carbons (Fsp3) is 0. The van der Waals surface area contributed by atoms with Crippen molar-refractivity contribution in [1.29, 1.82) is 0 Å². The van der Waals surface area contributed by atoms with Gasteiger partial charge in [-0.1, -0.05) is 18.2 Å². The molecule has 2 aromatic carbocycles. The van der Waals surface area contributed by atoms with Crippen LogP contribution >= 0.6 is 0 Å². The van der Waals surface area contributed by atoms with Gasteiger partial charge in [0.1, 0.15) is 5.52 Å². The molecular formula is C14H9N3O3. The van der Waals surface area contributed by atoms with Gasteiger partial charge < -0.3 is 9.40 Å². The smallest absolute Gasteiger partial charge is 0.408 e. The number of nitrogens with zero attached hydrogens (tertiary/aromatic N) is 1. The first kappa shape index (κ1) is 10.9. The summed E-state index contributed by atoms with van der Waals surface area (Å²) in [5, 5.41) is 0. The van der Waals surface area contributed by atoms with Crippen LogP contribution in [0.1, 0.15) is 0 Å². The highest BCUT2D eigenvalue weighted by molar-refractivity contribution is 5.86. The van der Waals surface area contributed by atoms with Crippen molar-refractivity contribution in [2.24, 2.45) is 0 Å². The van der Waals surface area contributed by atoms with Gasteiger partial charge in [-0.05, 0) is 24.3 Å². The van der Waals surface area contributed by atoms with Crippen molar-refractivity contribution in [3.8, 4) is 5.69 Å². The predicted molar refractivity (Wildman–Crippen MR) is 74.3 cm³/mol. The molecule has 0 atom stereocenters. The van der Waals surface area contributed by atoms with Gasteiger partial charge in [-0.25, -0.2) is 9.59 Å². The second-order valence-corrected chi connectivity index (χ2v) is 4.45. The van der Waals surface area contributed by atoms with E-state index in [0.29, 0.717) is 16.8 Å². The zero-order chi connectivity index (χ0) is 13.7. The molecule has 20 heavy (non-hydrogen) atoms. The molecular weight excluding hydrogens is 258 g/mol. The summed E-state index contributed by atoms with van der Waals surface area (Å²) in [6, 6.07) is 12.5. The Kier molecular flexibility index (Phi) is 2.03. The average Bonchev–Trinajstić information content (AvgIpc) is 2.96. The molecule has 6 heteroatoms. The van der Waals surface area contributed by atoms with Gasteiger partial charge in [-0.2, -0.15) is 0 Å². The summed E-state index contributed by atoms with van der Waals surface area (Å²) >= 11 is 0. The van der Waals surface area contributed by atoms with E-state index in [4.69, 9.17) is 4.42 Å². The van der Waals surface area contributed by atoms with Crippen LogP contribution < -0.4 is 11.4 Å². The molecule has 4 rings (SSSR count). The SMILES string of the molecule is O=c1[nH]c2c(-n3c(=O)[nH]c4ccccc43)cccc2o1. The lowest BCUT2D eigenvalue weighted by atomic mass is 10.2. The molecule has 2 heterocycles. The molecule has 0 amide bonds. The molecule has 2 aromatic heterocycles. The fourth-order valence-electron chi connectivity index (χ4n) is 2.44. The van der Waals surface area contributed by atoms with E-state index < -0.39 is 5.76 Å². The number of aromatic nitrogens is 3. The molecule has 0 bridgehead atoms. The van der Waals surface area contributed by atoms with Crippen molar-refractivity contribution < 1.29 is 4.42 Å². The van der Waals surface area contributed by atoms with Gasteiger partial charge >= 0.3 is 11.4 Å². The van der Waals surface area contributed by atoms with Crippen LogP contribution in [0.5, 0.6) is 0 Å². The maximum Gasteiger partial charge on any atom is 0.417 e. The summed E-state index contributed by atoms with van der Waals surface area (Å²) in [7, 11) is 0. The van der Waals surface area contributed by atoms with Crippen LogP contribution in [0, 0.1) is 0 Å². The minimum absolute atomic E-state index is 0.263. The van der Waals surface area contributed by atoms with E-state index in [-0.39, 0.29) is 5.69 Å². The number of benzene rings is 2. The lowest BCUT2D eigenvalue weighted by Crippen LogP contribution is -2.15. The number of fused-ring (bicyclic) bond motifs is 2. The second kappa shape index (κ2) is 3.74. The fourth-order valence-corrected chi connectivity index (χ4v) is 2.44. The first-order chi connectivity index (χ1) is 9.74. The minimum Gasteiger partial charge on any atom is -0.408 e. The van der Waals surface area contributed by atoms with Gasteiger partial charge in [0.15, 0.2) is 5.58 Å². The van der Waals surface area contributed by atoms with Crippen LogP contribution in [-0.4, -0.2) is 14.5 Å². The Balaban J connectivity index is 2.19. The minimum atomic E-state index is -0.541. The molecule has 4 aromatic rings. The summed E-state index contributed by atoms with van der Waals surface area (Å²) in [4.78, 5) is 28.9. The Labute approximate surface area is 111 Å². The number of hydrogen-bond acceptors (Lipinski definition) is 3. The highest BCUT2D eigenvalue weighted by Crippen LogP contribution is 2.21. The average molecular weight is 267 g/mol. The Hall–Kier alpha value is -3.02. The van der Waals surface area contributed by atoms with E-state index in [0.717, 1.165) is 11.0 Å². The molecule has 0 saturated heterocycles. The van der Waals surface area contributed by atoms with Gasteiger partial charge in [0.05, 0.1) is 16.7 Å². The van der Waals surface area contributed by atoms with Crippen LogP contribution in [-0.2, 0) is 0 Å². The monoisotopic (exact) mass is 267 g/mol. The van der Waals surface area contributed by atoms with Gasteiger partial charge in [-0.15, -0.1) is 0 Å². The van der Waals surface area contributed by atoms with E-state index in [9.17, 15) is 9.59 Å². The molecule has 0 spiro atoms. The Morgan fingerprint density at radius 3 is 2.70 bits per heavy atom. The quantitative estimate of drug-likeness (QED) is 0.551. The van der Waals surface area contributed by atoms with E-state index in [2.05, 4.69) is 9.97 Å². The number of hydrogen-bond donors (Lipinski definition) is 2. The van der Waals surface area contributed by atoms with Crippen LogP contribution in [0.3, 0.4) is 0 Å². The number of oxazole rings is 1. The number of H-pyrrole nitrogens is 2. The first-order valence-corrected chi connectivity index (χ1v) is 6.06. The van der Waals surface area contributed by atoms with Crippen LogP contribution in [0.15, 0.2) is 56.5 Å². The predicted octanol–water partition coefficient (Wildman–Crippen LogP) is 1.75. The normalized spacial score (nSPS) is 11.4. The van der Waals surface area contributed by atoms with E-state index >= 15 is 0 Å². The Morgan fingerprint density at radius 2 is 1.80 bits per heavy atom. The standard InChI is InChI=1S/C14H9N3O3/c18-13-15-8-4-1-2-5-9(8)17(13)10-6-3-7-11-12(10)16-14(19)20-11/h1-7H,(H,15,18)(H,16,19). The van der Waals surface area contributed by atoms with Gasteiger partial charge in [0, 0.05) is 0 Å². The van der Waals surface area contributed by atoms with Crippen molar-refractivity contribution in [1.82, 2.24) is 14.5 Å². The number of nitrogens with one attached hydrogen (secondary N) is 2. The highest BCUT2D eigenvalue weighted by Gasteiger charge is 2.13. The summed E-state index contributed by atoms with van der Waals surface area (Å²) in [6.45, 7) is 0. The molecule has 0 aliphatic carbocycles. The molecule has 0 unspecified atom stereocenters. The number of para-hydroxylation sites is 3. The first-order valence-electron chi connectivity index (χ1n) is 6.06. The molecule has 0 aliphatic rings. The molecule has 2 N–H and O–H groups in total. The molecule has 98 valence electrons. The number of aromatic amines is 2. The van der Waals surface area contributed by atoms with Crippen molar-refractivity contribution in [3.05, 3.63) is 63.5 Å². The van der Waals surface area contributed by atoms with Crippen LogP contribution in [0.25, 0.3) is 27.8 Å². The summed E-state index contributed by atoms with van der Waals surface area (Å²) in [6.07, 6.45) is 0. The number of rotatable bonds is 1. The third-order valence-electron chi connectivity index (χ3n) is 3.26. The Bertz CT molecular complexity index is 1050. The van der Waals surface area contributed by atoms with E-state index in [1.165, 1.54) is 4.57 Å². The van der Waals surface area contributed by atoms with Crippen LogP contribution in [0.2, 0.25) is 0 Å². The van der Waals surface area contributed by atoms with Crippen molar-refractivity contribution in [2.45, 2.75) is 0 Å². The van der Waals surface area contributed by atoms with Gasteiger partial charge in [-0.3, -0.25) is 9.55 Å². The van der Waals surface area contributed by atoms with Gasteiger partial charge in [0.25, 0.3) is 0 Å². The second-order valence-electron chi connectivity index (χ2n) is 4.45.